The summed E-state index contributed by atoms with van der Waals surface area (Å²) < 4.78 is 48.4. The SMILES string of the molecule is O=P(O)(OCC(O)CO)O[C@@H]1[C@@H](O)[C@H](O[C@@H]2[C@H](O)[C@@H](O[C@H]3O[C@H](CO)[C@@H](O)[C@H](O)[C@H]3O)[C@H](O)O[C@@H]2CO)O[C@H](CO)[C@H]1O. The summed E-state index contributed by atoms with van der Waals surface area (Å²) in [5.41, 5.74) is 0. The number of phosphoric acid groups is 1. The molecule has 21 nitrogen and oxygen atoms in total. The van der Waals surface area contributed by atoms with Crippen molar-refractivity contribution in [2.24, 2.45) is 0 Å². The lowest BCUT2D eigenvalue weighted by atomic mass is 9.96. The fourth-order valence-electron chi connectivity index (χ4n) is 4.57. The largest absolute Gasteiger partial charge is 0.472 e. The van der Waals surface area contributed by atoms with Crippen LogP contribution in [0.5, 0.6) is 0 Å². The Bertz CT molecular complexity index is 899. The molecule has 22 heteroatoms. The van der Waals surface area contributed by atoms with E-state index >= 15 is 0 Å². The van der Waals surface area contributed by atoms with E-state index in [2.05, 4.69) is 4.52 Å². The zero-order valence-corrected chi connectivity index (χ0v) is 23.2. The predicted octanol–water partition coefficient (Wildman–Crippen LogP) is -8.08. The molecule has 0 saturated carbocycles. The van der Waals surface area contributed by atoms with Crippen LogP contribution in [0.1, 0.15) is 0 Å². The Balaban J connectivity index is 1.78. The molecule has 13 N–H and O–H groups in total. The predicted molar refractivity (Wildman–Crippen MR) is 129 cm³/mol. The van der Waals surface area contributed by atoms with Crippen molar-refractivity contribution in [3.8, 4) is 0 Å². The van der Waals surface area contributed by atoms with Gasteiger partial charge in [0.1, 0.15) is 79.4 Å². The third-order valence-electron chi connectivity index (χ3n) is 6.96. The van der Waals surface area contributed by atoms with Crippen LogP contribution in [0.4, 0.5) is 0 Å². The number of aliphatic hydroxyl groups is 12. The fraction of sp³-hybridized carbons (Fsp3) is 1.00. The lowest BCUT2D eigenvalue weighted by molar-refractivity contribution is -0.382. The van der Waals surface area contributed by atoms with Crippen molar-refractivity contribution < 1.29 is 103 Å². The molecule has 0 bridgehead atoms. The van der Waals surface area contributed by atoms with Crippen LogP contribution >= 0.6 is 7.82 Å². The zero-order valence-electron chi connectivity index (χ0n) is 22.3. The van der Waals surface area contributed by atoms with E-state index in [4.69, 9.17) is 33.3 Å². The molecule has 0 amide bonds. The van der Waals surface area contributed by atoms with Crippen molar-refractivity contribution in [1.29, 1.82) is 0 Å². The number of hydrogen-bond donors (Lipinski definition) is 13. The Labute approximate surface area is 243 Å². The van der Waals surface area contributed by atoms with Gasteiger partial charge in [0.25, 0.3) is 0 Å². The number of aliphatic hydroxyl groups excluding tert-OH is 12. The Morgan fingerprint density at radius 1 is 0.628 bits per heavy atom. The van der Waals surface area contributed by atoms with Crippen molar-refractivity contribution in [2.75, 3.05) is 33.0 Å². The van der Waals surface area contributed by atoms with Crippen molar-refractivity contribution in [2.45, 2.75) is 98.2 Å². The number of rotatable bonds is 13. The first-order valence-corrected chi connectivity index (χ1v) is 14.5. The first kappa shape index (κ1) is 36.9. The van der Waals surface area contributed by atoms with Crippen LogP contribution in [0.15, 0.2) is 0 Å². The van der Waals surface area contributed by atoms with Crippen molar-refractivity contribution in [1.82, 2.24) is 0 Å². The second-order valence-corrected chi connectivity index (χ2v) is 11.4. The molecular formula is C21H39O21P. The van der Waals surface area contributed by atoms with Gasteiger partial charge in [0, 0.05) is 0 Å². The second kappa shape index (κ2) is 15.8. The van der Waals surface area contributed by atoms with Crippen molar-refractivity contribution >= 4 is 7.82 Å². The van der Waals surface area contributed by atoms with Gasteiger partial charge in [-0.2, -0.15) is 0 Å². The highest BCUT2D eigenvalue weighted by atomic mass is 31.2. The summed E-state index contributed by atoms with van der Waals surface area (Å²) in [5.74, 6) is 0. The highest BCUT2D eigenvalue weighted by Crippen LogP contribution is 2.47. The topological polar surface area (TPSA) is 345 Å². The summed E-state index contributed by atoms with van der Waals surface area (Å²) in [6.45, 7) is -4.42. The van der Waals surface area contributed by atoms with Gasteiger partial charge in [0.05, 0.1) is 33.0 Å². The second-order valence-electron chi connectivity index (χ2n) is 10.0. The summed E-state index contributed by atoms with van der Waals surface area (Å²) in [5, 5.41) is 120. The number of phosphoric ester groups is 1. The molecule has 3 aliphatic heterocycles. The van der Waals surface area contributed by atoms with Gasteiger partial charge in [-0.05, 0) is 0 Å². The van der Waals surface area contributed by atoms with Crippen LogP contribution in [0.3, 0.4) is 0 Å². The molecule has 0 radical (unpaired) electrons. The van der Waals surface area contributed by atoms with Gasteiger partial charge in [-0.15, -0.1) is 0 Å². The molecule has 3 aliphatic rings. The normalized spacial score (nSPS) is 46.3. The molecular weight excluding hydrogens is 619 g/mol. The maximum atomic E-state index is 12.4. The van der Waals surface area contributed by atoms with E-state index in [-0.39, 0.29) is 0 Å². The molecule has 0 aromatic rings. The quantitative estimate of drug-likeness (QED) is 0.0817. The third-order valence-corrected chi connectivity index (χ3v) is 7.95. The number of hydrogen-bond acceptors (Lipinski definition) is 20. The fourth-order valence-corrected chi connectivity index (χ4v) is 5.55. The summed E-state index contributed by atoms with van der Waals surface area (Å²) in [6.07, 6.45) is -29.6. The highest BCUT2D eigenvalue weighted by molar-refractivity contribution is 7.47. The molecule has 3 rings (SSSR count). The van der Waals surface area contributed by atoms with Crippen LogP contribution in [-0.4, -0.2) is 197 Å². The zero-order chi connectivity index (χ0) is 32.2. The van der Waals surface area contributed by atoms with E-state index < -0.39 is 139 Å². The minimum absolute atomic E-state index is 0.818. The maximum Gasteiger partial charge on any atom is 0.472 e. The highest BCUT2D eigenvalue weighted by Gasteiger charge is 2.54. The Hall–Kier alpha value is -0.570. The summed E-state index contributed by atoms with van der Waals surface area (Å²) in [6, 6.07) is 0. The smallest absolute Gasteiger partial charge is 0.394 e. The van der Waals surface area contributed by atoms with Crippen LogP contribution in [-0.2, 0) is 37.3 Å². The first-order valence-electron chi connectivity index (χ1n) is 13.0. The molecule has 0 aromatic heterocycles. The van der Waals surface area contributed by atoms with Gasteiger partial charge >= 0.3 is 7.82 Å². The van der Waals surface area contributed by atoms with Gasteiger partial charge in [0.2, 0.25) is 0 Å². The molecule has 3 saturated heterocycles. The summed E-state index contributed by atoms with van der Waals surface area (Å²) in [4.78, 5) is 9.98. The average Bonchev–Trinajstić information content (AvgIpc) is 2.98. The van der Waals surface area contributed by atoms with Gasteiger partial charge in [0.15, 0.2) is 18.9 Å². The third kappa shape index (κ3) is 8.62. The van der Waals surface area contributed by atoms with Gasteiger partial charge in [-0.3, -0.25) is 9.05 Å². The van der Waals surface area contributed by atoms with E-state index in [1.807, 2.05) is 0 Å². The Morgan fingerprint density at radius 3 is 1.72 bits per heavy atom. The Kier molecular flexibility index (Phi) is 13.6. The molecule has 17 atom stereocenters. The van der Waals surface area contributed by atoms with Crippen LogP contribution in [0.2, 0.25) is 0 Å². The van der Waals surface area contributed by atoms with Gasteiger partial charge < -0.3 is 89.9 Å². The van der Waals surface area contributed by atoms with Gasteiger partial charge in [-0.25, -0.2) is 4.57 Å². The molecule has 3 fully saturated rings. The van der Waals surface area contributed by atoms with E-state index in [1.165, 1.54) is 0 Å². The van der Waals surface area contributed by atoms with E-state index in [0.717, 1.165) is 0 Å². The minimum atomic E-state index is -5.15. The molecule has 3 heterocycles. The molecule has 43 heavy (non-hydrogen) atoms. The van der Waals surface area contributed by atoms with E-state index in [0.29, 0.717) is 0 Å². The monoisotopic (exact) mass is 658 g/mol. The minimum Gasteiger partial charge on any atom is -0.394 e. The van der Waals surface area contributed by atoms with Crippen LogP contribution in [0.25, 0.3) is 0 Å². The first-order chi connectivity index (χ1) is 20.2. The van der Waals surface area contributed by atoms with Crippen molar-refractivity contribution in [3.05, 3.63) is 0 Å². The maximum absolute atomic E-state index is 12.4. The lowest BCUT2D eigenvalue weighted by Gasteiger charge is -2.48. The Morgan fingerprint density at radius 2 is 1.16 bits per heavy atom. The summed E-state index contributed by atoms with van der Waals surface area (Å²) >= 11 is 0. The molecule has 254 valence electrons. The van der Waals surface area contributed by atoms with Gasteiger partial charge in [-0.1, -0.05) is 0 Å². The summed E-state index contributed by atoms with van der Waals surface area (Å²) in [7, 11) is -5.15. The molecule has 2 unspecified atom stereocenters. The standard InChI is InChI=1S/C21H39O21P/c22-1-6(26)5-36-43(34,35)42-17-11(28)8(3-24)39-21(15(17)32)40-16-9(4-25)37-19(33)18(14(16)31)41-20-13(30)12(29)10(27)7(2-23)38-20/h6-33H,1-5H2,(H,34,35)/t6?,7-,8-,9-,10-,11-,12+,13-,14+,15-,16+,17+,18-,19-,20-,21+/m1/s1. The van der Waals surface area contributed by atoms with E-state index in [9.17, 15) is 65.6 Å². The van der Waals surface area contributed by atoms with Crippen molar-refractivity contribution in [3.63, 3.8) is 0 Å². The van der Waals surface area contributed by atoms with E-state index in [1.54, 1.807) is 0 Å². The molecule has 0 spiro atoms. The van der Waals surface area contributed by atoms with Crippen LogP contribution in [0, 0.1) is 0 Å². The molecule has 0 aromatic carbocycles. The lowest BCUT2D eigenvalue weighted by Crippen LogP contribution is -2.66. The van der Waals surface area contributed by atoms with Crippen LogP contribution < -0.4 is 0 Å². The average molecular weight is 658 g/mol. The molecule has 0 aliphatic carbocycles. The number of ether oxygens (including phenoxy) is 5.